The highest BCUT2D eigenvalue weighted by Gasteiger charge is 2.43. The van der Waals surface area contributed by atoms with Crippen molar-refractivity contribution >= 4 is 0 Å². The fourth-order valence-electron chi connectivity index (χ4n) is 2.52. The lowest BCUT2D eigenvalue weighted by atomic mass is 9.85. The summed E-state index contributed by atoms with van der Waals surface area (Å²) >= 11 is 0. The number of hydrogen-bond donors (Lipinski definition) is 1. The van der Waals surface area contributed by atoms with Gasteiger partial charge >= 0.3 is 0 Å². The van der Waals surface area contributed by atoms with Gasteiger partial charge in [-0.05, 0) is 25.1 Å². The van der Waals surface area contributed by atoms with Crippen LogP contribution >= 0.6 is 0 Å². The van der Waals surface area contributed by atoms with Gasteiger partial charge in [-0.25, -0.2) is 4.39 Å². The molecular formula is C16H24FNO3. The minimum atomic E-state index is -0.292. The summed E-state index contributed by atoms with van der Waals surface area (Å²) in [5, 5.41) is 3.36. The Morgan fingerprint density at radius 2 is 2.14 bits per heavy atom. The van der Waals surface area contributed by atoms with E-state index in [-0.39, 0.29) is 24.1 Å². The quantitative estimate of drug-likeness (QED) is 0.747. The number of nitrogens with one attached hydrogen (secondary N) is 1. The molecule has 1 aliphatic carbocycles. The van der Waals surface area contributed by atoms with Crippen LogP contribution in [0, 0.1) is 12.7 Å². The molecule has 1 aromatic rings. The average Bonchev–Trinajstić information content (AvgIpc) is 2.46. The van der Waals surface area contributed by atoms with E-state index in [1.54, 1.807) is 32.2 Å². The molecule has 3 unspecified atom stereocenters. The van der Waals surface area contributed by atoms with Gasteiger partial charge in [-0.2, -0.15) is 0 Å². The third-order valence-corrected chi connectivity index (χ3v) is 3.75. The second-order valence-electron chi connectivity index (χ2n) is 5.27. The SMILES string of the molecule is CCNC1CC(Oc2cccc(C)c2F)C1OCCOC. The summed E-state index contributed by atoms with van der Waals surface area (Å²) in [4.78, 5) is 0. The van der Waals surface area contributed by atoms with Gasteiger partial charge in [0.15, 0.2) is 11.6 Å². The zero-order chi connectivity index (χ0) is 15.2. The molecule has 0 bridgehead atoms. The largest absolute Gasteiger partial charge is 0.485 e. The molecule has 3 atom stereocenters. The van der Waals surface area contributed by atoms with E-state index in [1.165, 1.54) is 0 Å². The standard InChI is InChI=1S/C16H24FNO3/c1-4-18-12-10-14(16(12)20-9-8-19-3)21-13-7-5-6-11(2)15(13)17/h5-7,12,14,16,18H,4,8-10H2,1-3H3. The molecule has 0 saturated heterocycles. The van der Waals surface area contributed by atoms with Crippen LogP contribution in [-0.4, -0.2) is 45.1 Å². The predicted octanol–water partition coefficient (Wildman–Crippen LogP) is 2.29. The summed E-state index contributed by atoms with van der Waals surface area (Å²) in [5.74, 6) is 0.00957. The molecule has 4 nitrogen and oxygen atoms in total. The van der Waals surface area contributed by atoms with Gasteiger partial charge in [-0.1, -0.05) is 19.1 Å². The van der Waals surface area contributed by atoms with Gasteiger partial charge in [0.25, 0.3) is 0 Å². The summed E-state index contributed by atoms with van der Waals surface area (Å²) in [6.45, 7) is 5.72. The Balaban J connectivity index is 1.96. The topological polar surface area (TPSA) is 39.7 Å². The second kappa shape index (κ2) is 7.73. The molecule has 0 aliphatic heterocycles. The van der Waals surface area contributed by atoms with Gasteiger partial charge in [0.1, 0.15) is 12.2 Å². The molecule has 0 spiro atoms. The van der Waals surface area contributed by atoms with E-state index in [9.17, 15) is 4.39 Å². The maximum absolute atomic E-state index is 14.0. The van der Waals surface area contributed by atoms with Crippen LogP contribution in [0.25, 0.3) is 0 Å². The third-order valence-electron chi connectivity index (χ3n) is 3.75. The number of hydrogen-bond acceptors (Lipinski definition) is 4. The number of aryl methyl sites for hydroxylation is 1. The van der Waals surface area contributed by atoms with Crippen molar-refractivity contribution in [3.8, 4) is 5.75 Å². The maximum Gasteiger partial charge on any atom is 0.167 e. The maximum atomic E-state index is 14.0. The van der Waals surface area contributed by atoms with Crippen molar-refractivity contribution < 1.29 is 18.6 Å². The number of likely N-dealkylation sites (N-methyl/N-ethyl adjacent to an activating group) is 1. The number of ether oxygens (including phenoxy) is 3. The van der Waals surface area contributed by atoms with Crippen LogP contribution in [0.1, 0.15) is 18.9 Å². The first-order valence-electron chi connectivity index (χ1n) is 7.43. The van der Waals surface area contributed by atoms with E-state index in [1.807, 2.05) is 0 Å². The van der Waals surface area contributed by atoms with Crippen LogP contribution in [-0.2, 0) is 9.47 Å². The van der Waals surface area contributed by atoms with Crippen LogP contribution in [0.15, 0.2) is 18.2 Å². The highest BCUT2D eigenvalue weighted by Crippen LogP contribution is 2.31. The fraction of sp³-hybridized carbons (Fsp3) is 0.625. The second-order valence-corrected chi connectivity index (χ2v) is 5.27. The molecule has 118 valence electrons. The van der Waals surface area contributed by atoms with Crippen LogP contribution in [0.2, 0.25) is 0 Å². The van der Waals surface area contributed by atoms with Gasteiger partial charge in [-0.15, -0.1) is 0 Å². The molecule has 2 rings (SSSR count). The average molecular weight is 297 g/mol. The zero-order valence-corrected chi connectivity index (χ0v) is 12.9. The van der Waals surface area contributed by atoms with Gasteiger partial charge in [-0.3, -0.25) is 0 Å². The summed E-state index contributed by atoms with van der Waals surface area (Å²) < 4.78 is 30.6. The van der Waals surface area contributed by atoms with Crippen molar-refractivity contribution in [2.75, 3.05) is 26.9 Å². The Hall–Kier alpha value is -1.17. The lowest BCUT2D eigenvalue weighted by Gasteiger charge is -2.44. The smallest absolute Gasteiger partial charge is 0.167 e. The summed E-state index contributed by atoms with van der Waals surface area (Å²) in [6.07, 6.45) is 0.626. The molecule has 21 heavy (non-hydrogen) atoms. The van der Waals surface area contributed by atoms with Crippen LogP contribution in [0.3, 0.4) is 0 Å². The van der Waals surface area contributed by atoms with Gasteiger partial charge < -0.3 is 19.5 Å². The molecule has 1 N–H and O–H groups in total. The molecule has 1 fully saturated rings. The lowest BCUT2D eigenvalue weighted by molar-refractivity contribution is -0.116. The molecular weight excluding hydrogens is 273 g/mol. The van der Waals surface area contributed by atoms with E-state index in [2.05, 4.69) is 12.2 Å². The first-order valence-corrected chi connectivity index (χ1v) is 7.43. The Labute approximate surface area is 125 Å². The number of methoxy groups -OCH3 is 1. The molecule has 0 heterocycles. The van der Waals surface area contributed by atoms with Gasteiger partial charge in [0.2, 0.25) is 0 Å². The summed E-state index contributed by atoms with van der Waals surface area (Å²) in [7, 11) is 1.64. The Kier molecular flexibility index (Phi) is 5.96. The normalized spacial score (nSPS) is 24.7. The van der Waals surface area contributed by atoms with Crippen molar-refractivity contribution in [2.24, 2.45) is 0 Å². The van der Waals surface area contributed by atoms with E-state index in [0.29, 0.717) is 24.5 Å². The monoisotopic (exact) mass is 297 g/mol. The fourth-order valence-corrected chi connectivity index (χ4v) is 2.52. The lowest BCUT2D eigenvalue weighted by Crippen LogP contribution is -2.61. The van der Waals surface area contributed by atoms with Gasteiger partial charge in [0, 0.05) is 19.6 Å². The highest BCUT2D eigenvalue weighted by molar-refractivity contribution is 5.30. The van der Waals surface area contributed by atoms with Crippen LogP contribution in [0.5, 0.6) is 5.75 Å². The Bertz CT molecular complexity index is 455. The van der Waals surface area contributed by atoms with Crippen molar-refractivity contribution in [1.82, 2.24) is 5.32 Å². The summed E-state index contributed by atoms with van der Waals surface area (Å²) in [5.41, 5.74) is 0.590. The molecule has 5 heteroatoms. The van der Waals surface area contributed by atoms with Crippen molar-refractivity contribution in [3.05, 3.63) is 29.6 Å². The van der Waals surface area contributed by atoms with E-state index in [4.69, 9.17) is 14.2 Å². The molecule has 1 saturated carbocycles. The van der Waals surface area contributed by atoms with Gasteiger partial charge in [0.05, 0.1) is 13.2 Å². The summed E-state index contributed by atoms with van der Waals surface area (Å²) in [6, 6.07) is 5.45. The van der Waals surface area contributed by atoms with E-state index < -0.39 is 0 Å². The highest BCUT2D eigenvalue weighted by atomic mass is 19.1. The van der Waals surface area contributed by atoms with Crippen molar-refractivity contribution in [2.45, 2.75) is 38.5 Å². The minimum Gasteiger partial charge on any atom is -0.485 e. The molecule has 1 aliphatic rings. The van der Waals surface area contributed by atoms with Crippen LogP contribution < -0.4 is 10.1 Å². The molecule has 0 radical (unpaired) electrons. The number of benzene rings is 1. The first kappa shape index (κ1) is 16.2. The third kappa shape index (κ3) is 3.93. The Morgan fingerprint density at radius 1 is 1.33 bits per heavy atom. The predicted molar refractivity (Wildman–Crippen MR) is 79.3 cm³/mol. The van der Waals surface area contributed by atoms with Crippen LogP contribution in [0.4, 0.5) is 4.39 Å². The van der Waals surface area contributed by atoms with Crippen molar-refractivity contribution in [3.63, 3.8) is 0 Å². The molecule has 0 aromatic heterocycles. The molecule has 1 aromatic carbocycles. The van der Waals surface area contributed by atoms with E-state index >= 15 is 0 Å². The first-order chi connectivity index (χ1) is 10.2. The number of halogens is 1. The zero-order valence-electron chi connectivity index (χ0n) is 12.9. The Morgan fingerprint density at radius 3 is 2.86 bits per heavy atom. The van der Waals surface area contributed by atoms with E-state index in [0.717, 1.165) is 13.0 Å². The number of rotatable bonds is 8. The van der Waals surface area contributed by atoms with Crippen molar-refractivity contribution in [1.29, 1.82) is 0 Å². The molecule has 0 amide bonds. The minimum absolute atomic E-state index is 0.0694.